The number of nitrogens with two attached hydrogens (primary N) is 1. The minimum atomic E-state index is -3.75. The van der Waals surface area contributed by atoms with Crippen molar-refractivity contribution >= 4 is 21.4 Å². The van der Waals surface area contributed by atoms with Gasteiger partial charge in [0.15, 0.2) is 0 Å². The molecule has 0 bridgehead atoms. The molecule has 21 heavy (non-hydrogen) atoms. The number of sulfonamides is 1. The highest BCUT2D eigenvalue weighted by Crippen LogP contribution is 2.26. The first-order valence-corrected chi connectivity index (χ1v) is 7.48. The van der Waals surface area contributed by atoms with Gasteiger partial charge in [0.25, 0.3) is 10.0 Å². The van der Waals surface area contributed by atoms with Crippen molar-refractivity contribution in [2.75, 3.05) is 24.2 Å². The maximum absolute atomic E-state index is 13.2. The van der Waals surface area contributed by atoms with Gasteiger partial charge in [-0.25, -0.2) is 12.8 Å². The van der Waals surface area contributed by atoms with Crippen LogP contribution in [-0.2, 0) is 10.0 Å². The third-order valence-electron chi connectivity index (χ3n) is 3.06. The highest BCUT2D eigenvalue weighted by molar-refractivity contribution is 7.92. The maximum Gasteiger partial charge on any atom is 0.264 e. The maximum atomic E-state index is 13.2. The van der Waals surface area contributed by atoms with Crippen LogP contribution < -0.4 is 14.8 Å². The second-order valence-corrected chi connectivity index (χ2v) is 6.32. The molecule has 0 radical (unpaired) electrons. The van der Waals surface area contributed by atoms with Gasteiger partial charge in [0.1, 0.15) is 11.6 Å². The summed E-state index contributed by atoms with van der Waals surface area (Å²) >= 11 is 0. The Balaban J connectivity index is 2.39. The predicted octanol–water partition coefficient (Wildman–Crippen LogP) is 2.24. The molecule has 0 aliphatic heterocycles. The summed E-state index contributed by atoms with van der Waals surface area (Å²) in [6.45, 7) is 0. The van der Waals surface area contributed by atoms with E-state index >= 15 is 0 Å². The quantitative estimate of drug-likeness (QED) is 0.879. The number of hydrogen-bond donors (Lipinski definition) is 1. The number of hydrogen-bond acceptors (Lipinski definition) is 4. The van der Waals surface area contributed by atoms with Crippen LogP contribution in [-0.4, -0.2) is 22.6 Å². The van der Waals surface area contributed by atoms with Crippen LogP contribution in [0.2, 0.25) is 0 Å². The van der Waals surface area contributed by atoms with E-state index in [4.69, 9.17) is 10.5 Å². The Morgan fingerprint density at radius 1 is 1.14 bits per heavy atom. The van der Waals surface area contributed by atoms with E-state index < -0.39 is 15.8 Å². The van der Waals surface area contributed by atoms with Gasteiger partial charge in [0.05, 0.1) is 23.4 Å². The van der Waals surface area contributed by atoms with Crippen LogP contribution in [0.5, 0.6) is 5.75 Å². The number of benzene rings is 2. The predicted molar refractivity (Wildman–Crippen MR) is 79.4 cm³/mol. The van der Waals surface area contributed by atoms with E-state index in [1.165, 1.54) is 38.4 Å². The molecule has 2 rings (SSSR count). The fourth-order valence-corrected chi connectivity index (χ4v) is 2.96. The Kier molecular flexibility index (Phi) is 4.04. The normalized spacial score (nSPS) is 11.2. The average molecular weight is 310 g/mol. The van der Waals surface area contributed by atoms with Crippen LogP contribution >= 0.6 is 0 Å². The number of anilines is 2. The van der Waals surface area contributed by atoms with Gasteiger partial charge in [0, 0.05) is 7.05 Å². The minimum absolute atomic E-state index is 0.105. The molecule has 0 aliphatic rings. The highest BCUT2D eigenvalue weighted by Gasteiger charge is 2.21. The molecular weight excluding hydrogens is 295 g/mol. The van der Waals surface area contributed by atoms with E-state index in [1.807, 2.05) is 0 Å². The molecule has 5 nitrogen and oxygen atoms in total. The Labute approximate surface area is 122 Å². The van der Waals surface area contributed by atoms with E-state index in [0.29, 0.717) is 5.75 Å². The van der Waals surface area contributed by atoms with Gasteiger partial charge in [-0.2, -0.15) is 0 Å². The standard InChI is InChI=1S/C14H15FN2O3S/c1-17(10-3-8-13(15)14(16)9-10)21(18,19)12-6-4-11(20-2)5-7-12/h3-9H,16H2,1-2H3. The molecule has 0 heterocycles. The van der Waals surface area contributed by atoms with Gasteiger partial charge < -0.3 is 10.5 Å². The summed E-state index contributed by atoms with van der Waals surface area (Å²) in [6, 6.07) is 9.75. The van der Waals surface area contributed by atoms with E-state index in [9.17, 15) is 12.8 Å². The average Bonchev–Trinajstić information content (AvgIpc) is 2.49. The van der Waals surface area contributed by atoms with Crippen LogP contribution in [0.1, 0.15) is 0 Å². The Hall–Kier alpha value is -2.28. The topological polar surface area (TPSA) is 72.6 Å². The first-order valence-electron chi connectivity index (χ1n) is 6.04. The van der Waals surface area contributed by atoms with Gasteiger partial charge in [-0.15, -0.1) is 0 Å². The molecule has 112 valence electrons. The fourth-order valence-electron chi connectivity index (χ4n) is 1.77. The van der Waals surface area contributed by atoms with Crippen LogP contribution in [0.15, 0.2) is 47.4 Å². The van der Waals surface area contributed by atoms with Crippen molar-refractivity contribution in [1.82, 2.24) is 0 Å². The minimum Gasteiger partial charge on any atom is -0.497 e. The van der Waals surface area contributed by atoms with E-state index in [-0.39, 0.29) is 16.3 Å². The van der Waals surface area contributed by atoms with Crippen molar-refractivity contribution < 1.29 is 17.5 Å². The molecule has 0 atom stereocenters. The molecule has 0 spiro atoms. The number of halogens is 1. The second kappa shape index (κ2) is 5.61. The van der Waals surface area contributed by atoms with Crippen LogP contribution in [0.4, 0.5) is 15.8 Å². The molecule has 0 saturated heterocycles. The monoisotopic (exact) mass is 310 g/mol. The zero-order chi connectivity index (χ0) is 15.6. The summed E-state index contributed by atoms with van der Waals surface area (Å²) in [7, 11) is -0.869. The largest absolute Gasteiger partial charge is 0.497 e. The molecular formula is C14H15FN2O3S. The first kappa shape index (κ1) is 15.1. The molecule has 2 aromatic rings. The molecule has 7 heteroatoms. The van der Waals surface area contributed by atoms with Gasteiger partial charge in [-0.1, -0.05) is 0 Å². The highest BCUT2D eigenvalue weighted by atomic mass is 32.2. The molecule has 0 unspecified atom stereocenters. The molecule has 0 saturated carbocycles. The third kappa shape index (κ3) is 2.92. The lowest BCUT2D eigenvalue weighted by Gasteiger charge is -2.20. The summed E-state index contributed by atoms with van der Waals surface area (Å²) in [5, 5.41) is 0. The zero-order valence-electron chi connectivity index (χ0n) is 11.6. The molecule has 2 N–H and O–H groups in total. The van der Waals surface area contributed by atoms with Gasteiger partial charge in [-0.05, 0) is 42.5 Å². The number of ether oxygens (including phenoxy) is 1. The van der Waals surface area contributed by atoms with Gasteiger partial charge >= 0.3 is 0 Å². The Morgan fingerprint density at radius 2 is 1.76 bits per heavy atom. The summed E-state index contributed by atoms with van der Waals surface area (Å²) < 4.78 is 44.2. The Morgan fingerprint density at radius 3 is 2.29 bits per heavy atom. The zero-order valence-corrected chi connectivity index (χ0v) is 12.4. The van der Waals surface area contributed by atoms with Crippen LogP contribution in [0, 0.1) is 5.82 Å². The van der Waals surface area contributed by atoms with Crippen molar-refractivity contribution in [3.8, 4) is 5.75 Å². The summed E-state index contributed by atoms with van der Waals surface area (Å²) in [5.74, 6) is -0.0309. The summed E-state index contributed by atoms with van der Waals surface area (Å²) in [5.41, 5.74) is 5.64. The first-order chi connectivity index (χ1) is 9.86. The van der Waals surface area contributed by atoms with Crippen LogP contribution in [0.3, 0.4) is 0 Å². The molecule has 0 amide bonds. The van der Waals surface area contributed by atoms with Crippen molar-refractivity contribution in [2.24, 2.45) is 0 Å². The lowest BCUT2D eigenvalue weighted by atomic mass is 10.3. The van der Waals surface area contributed by atoms with Gasteiger partial charge in [0.2, 0.25) is 0 Å². The number of rotatable bonds is 4. The lowest BCUT2D eigenvalue weighted by Crippen LogP contribution is -2.26. The van der Waals surface area contributed by atoms with Crippen molar-refractivity contribution in [2.45, 2.75) is 4.90 Å². The number of methoxy groups -OCH3 is 1. The molecule has 0 aliphatic carbocycles. The molecule has 0 fully saturated rings. The van der Waals surface area contributed by atoms with Crippen molar-refractivity contribution in [3.63, 3.8) is 0 Å². The van der Waals surface area contributed by atoms with E-state index in [1.54, 1.807) is 12.1 Å². The van der Waals surface area contributed by atoms with Crippen molar-refractivity contribution in [3.05, 3.63) is 48.3 Å². The van der Waals surface area contributed by atoms with E-state index in [0.717, 1.165) is 10.4 Å². The van der Waals surface area contributed by atoms with Gasteiger partial charge in [-0.3, -0.25) is 4.31 Å². The number of nitrogens with zero attached hydrogens (tertiary/aromatic N) is 1. The summed E-state index contributed by atoms with van der Waals surface area (Å²) in [4.78, 5) is 0.105. The fraction of sp³-hybridized carbons (Fsp3) is 0.143. The van der Waals surface area contributed by atoms with Crippen LogP contribution in [0.25, 0.3) is 0 Å². The smallest absolute Gasteiger partial charge is 0.264 e. The number of nitrogen functional groups attached to an aromatic ring is 1. The third-order valence-corrected chi connectivity index (χ3v) is 4.86. The molecule has 2 aromatic carbocycles. The molecule has 0 aromatic heterocycles. The summed E-state index contributed by atoms with van der Waals surface area (Å²) in [6.07, 6.45) is 0. The SMILES string of the molecule is COc1ccc(S(=O)(=O)N(C)c2ccc(F)c(N)c2)cc1. The Bertz CT molecular complexity index is 745. The van der Waals surface area contributed by atoms with Crippen molar-refractivity contribution in [1.29, 1.82) is 0 Å². The van der Waals surface area contributed by atoms with E-state index in [2.05, 4.69) is 0 Å². The lowest BCUT2D eigenvalue weighted by molar-refractivity contribution is 0.414. The second-order valence-electron chi connectivity index (χ2n) is 4.35.